The standard InChI is InChI=1S/C23H26FN3/c1-4-6-20(27-15-19(24)12-21(27)13-25)14-26-17(3)22-8-5-7-18-10-9-16(2)11-23(18)22/h5-11,19,21,26H,3-4,12,14-15H2,1-2H3/b20-6+. The fourth-order valence-electron chi connectivity index (χ4n) is 3.69. The number of nitrogens with zero attached hydrogens (tertiary/aromatic N) is 2. The number of hydrogen-bond donors (Lipinski definition) is 1. The van der Waals surface area contributed by atoms with Crippen molar-refractivity contribution in [2.24, 2.45) is 0 Å². The quantitative estimate of drug-likeness (QED) is 0.790. The van der Waals surface area contributed by atoms with Gasteiger partial charge in [-0.05, 0) is 24.1 Å². The molecule has 2 atom stereocenters. The Balaban J connectivity index is 1.79. The number of hydrogen-bond acceptors (Lipinski definition) is 3. The van der Waals surface area contributed by atoms with Gasteiger partial charge in [0, 0.05) is 23.4 Å². The number of aryl methyl sites for hydroxylation is 1. The van der Waals surface area contributed by atoms with Gasteiger partial charge in [-0.15, -0.1) is 0 Å². The van der Waals surface area contributed by atoms with E-state index in [0.717, 1.165) is 28.8 Å². The highest BCUT2D eigenvalue weighted by atomic mass is 19.1. The highest BCUT2D eigenvalue weighted by Gasteiger charge is 2.33. The second-order valence-corrected chi connectivity index (χ2v) is 7.10. The zero-order valence-corrected chi connectivity index (χ0v) is 16.0. The molecule has 0 spiro atoms. The average molecular weight is 363 g/mol. The molecule has 1 aliphatic heterocycles. The molecule has 0 bridgehead atoms. The summed E-state index contributed by atoms with van der Waals surface area (Å²) in [6.07, 6.45) is 2.23. The van der Waals surface area contributed by atoms with E-state index in [1.807, 2.05) is 17.9 Å². The fraction of sp³-hybridized carbons (Fsp3) is 0.348. The second-order valence-electron chi connectivity index (χ2n) is 7.10. The number of halogens is 1. The number of nitrogens with one attached hydrogen (secondary N) is 1. The molecule has 0 aromatic heterocycles. The van der Waals surface area contributed by atoms with Gasteiger partial charge in [0.1, 0.15) is 12.2 Å². The van der Waals surface area contributed by atoms with Crippen LogP contribution in [0.5, 0.6) is 0 Å². The second kappa shape index (κ2) is 8.26. The minimum Gasteiger partial charge on any atom is -0.379 e. The Morgan fingerprint density at radius 1 is 1.41 bits per heavy atom. The molecular weight excluding hydrogens is 337 g/mol. The summed E-state index contributed by atoms with van der Waals surface area (Å²) in [6.45, 7) is 9.16. The van der Waals surface area contributed by atoms with Crippen molar-refractivity contribution in [1.82, 2.24) is 10.2 Å². The molecule has 4 heteroatoms. The number of nitriles is 1. The molecule has 0 radical (unpaired) electrons. The third kappa shape index (κ3) is 4.14. The number of fused-ring (bicyclic) bond motifs is 1. The molecule has 1 fully saturated rings. The predicted molar refractivity (Wildman–Crippen MR) is 110 cm³/mol. The van der Waals surface area contributed by atoms with E-state index in [9.17, 15) is 9.65 Å². The van der Waals surface area contributed by atoms with E-state index >= 15 is 0 Å². The first kappa shape index (κ1) is 19.0. The zero-order valence-electron chi connectivity index (χ0n) is 16.0. The zero-order chi connectivity index (χ0) is 19.4. The average Bonchev–Trinajstić information content (AvgIpc) is 3.05. The molecule has 0 aliphatic carbocycles. The maximum absolute atomic E-state index is 13.8. The van der Waals surface area contributed by atoms with Gasteiger partial charge in [0.2, 0.25) is 0 Å². The summed E-state index contributed by atoms with van der Waals surface area (Å²) < 4.78 is 13.8. The summed E-state index contributed by atoms with van der Waals surface area (Å²) in [5.41, 5.74) is 4.06. The Morgan fingerprint density at radius 2 is 2.22 bits per heavy atom. The highest BCUT2D eigenvalue weighted by molar-refractivity contribution is 5.93. The first-order valence-corrected chi connectivity index (χ1v) is 9.45. The van der Waals surface area contributed by atoms with Gasteiger partial charge in [0.05, 0.1) is 19.2 Å². The molecule has 3 nitrogen and oxygen atoms in total. The topological polar surface area (TPSA) is 39.1 Å². The van der Waals surface area contributed by atoms with Crippen molar-refractivity contribution in [2.75, 3.05) is 13.1 Å². The molecule has 0 amide bonds. The molecule has 1 N–H and O–H groups in total. The number of rotatable bonds is 6. The smallest absolute Gasteiger partial charge is 0.121 e. The molecule has 1 heterocycles. The monoisotopic (exact) mass is 363 g/mol. The Hall–Kier alpha value is -2.80. The van der Waals surface area contributed by atoms with E-state index < -0.39 is 12.2 Å². The highest BCUT2D eigenvalue weighted by Crippen LogP contribution is 2.26. The first-order chi connectivity index (χ1) is 13.0. The summed E-state index contributed by atoms with van der Waals surface area (Å²) in [5.74, 6) is 0. The van der Waals surface area contributed by atoms with Crippen molar-refractivity contribution in [3.63, 3.8) is 0 Å². The van der Waals surface area contributed by atoms with Gasteiger partial charge in [0.25, 0.3) is 0 Å². The van der Waals surface area contributed by atoms with Crippen molar-refractivity contribution in [3.05, 3.63) is 65.9 Å². The van der Waals surface area contributed by atoms with Gasteiger partial charge >= 0.3 is 0 Å². The van der Waals surface area contributed by atoms with Crippen molar-refractivity contribution in [2.45, 2.75) is 38.9 Å². The van der Waals surface area contributed by atoms with E-state index in [-0.39, 0.29) is 13.0 Å². The van der Waals surface area contributed by atoms with E-state index in [1.54, 1.807) is 0 Å². The van der Waals surface area contributed by atoms with Gasteiger partial charge in [-0.3, -0.25) is 0 Å². The van der Waals surface area contributed by atoms with Crippen LogP contribution >= 0.6 is 0 Å². The van der Waals surface area contributed by atoms with E-state index in [4.69, 9.17) is 0 Å². The number of likely N-dealkylation sites (tertiary alicyclic amines) is 1. The van der Waals surface area contributed by atoms with Crippen LogP contribution in [0.25, 0.3) is 16.5 Å². The third-order valence-electron chi connectivity index (χ3n) is 5.05. The number of allylic oxidation sites excluding steroid dienone is 1. The lowest BCUT2D eigenvalue weighted by atomic mass is 10.0. The Bertz CT molecular complexity index is 909. The van der Waals surface area contributed by atoms with Gasteiger partial charge in [-0.25, -0.2) is 4.39 Å². The number of benzene rings is 2. The lowest BCUT2D eigenvalue weighted by Crippen LogP contribution is -2.33. The largest absolute Gasteiger partial charge is 0.379 e. The van der Waals surface area contributed by atoms with Gasteiger partial charge in [-0.2, -0.15) is 5.26 Å². The maximum atomic E-state index is 13.8. The molecule has 140 valence electrons. The van der Waals surface area contributed by atoms with E-state index in [2.05, 4.69) is 61.3 Å². The Labute approximate surface area is 160 Å². The molecule has 2 unspecified atom stereocenters. The van der Waals surface area contributed by atoms with Crippen LogP contribution in [-0.2, 0) is 0 Å². The van der Waals surface area contributed by atoms with E-state index in [1.165, 1.54) is 10.9 Å². The lowest BCUT2D eigenvalue weighted by Gasteiger charge is -2.26. The first-order valence-electron chi connectivity index (χ1n) is 9.45. The molecule has 2 aromatic carbocycles. The third-order valence-corrected chi connectivity index (χ3v) is 5.05. The van der Waals surface area contributed by atoms with Crippen molar-refractivity contribution >= 4 is 16.5 Å². The van der Waals surface area contributed by atoms with Crippen LogP contribution in [0.1, 0.15) is 30.9 Å². The van der Waals surface area contributed by atoms with Gasteiger partial charge in [-0.1, -0.05) is 61.5 Å². The molecular formula is C23H26FN3. The molecule has 1 aliphatic rings. The van der Waals surface area contributed by atoms with Crippen LogP contribution in [0.3, 0.4) is 0 Å². The van der Waals surface area contributed by atoms with Crippen LogP contribution in [0.4, 0.5) is 4.39 Å². The minimum absolute atomic E-state index is 0.279. The van der Waals surface area contributed by atoms with Crippen molar-refractivity contribution < 1.29 is 4.39 Å². The summed E-state index contributed by atoms with van der Waals surface area (Å²) in [6, 6.07) is 14.4. The van der Waals surface area contributed by atoms with Crippen molar-refractivity contribution in [1.29, 1.82) is 5.26 Å². The summed E-state index contributed by atoms with van der Waals surface area (Å²) in [7, 11) is 0. The SMILES string of the molecule is C=C(NC/C(=C\CC)N1CC(F)CC1C#N)c1cccc2ccc(C)cc12. The fourth-order valence-corrected chi connectivity index (χ4v) is 3.69. The Kier molecular flexibility index (Phi) is 5.81. The molecule has 1 saturated heterocycles. The Morgan fingerprint density at radius 3 is 2.96 bits per heavy atom. The predicted octanol–water partition coefficient (Wildman–Crippen LogP) is 4.94. The van der Waals surface area contributed by atoms with E-state index in [0.29, 0.717) is 6.54 Å². The van der Waals surface area contributed by atoms with Gasteiger partial charge < -0.3 is 10.2 Å². The minimum atomic E-state index is -0.945. The molecule has 3 rings (SSSR count). The van der Waals surface area contributed by atoms with Crippen LogP contribution in [0.15, 0.2) is 54.8 Å². The summed E-state index contributed by atoms with van der Waals surface area (Å²) in [4.78, 5) is 1.89. The van der Waals surface area contributed by atoms with Crippen LogP contribution in [0.2, 0.25) is 0 Å². The van der Waals surface area contributed by atoms with Crippen LogP contribution in [-0.4, -0.2) is 30.2 Å². The lowest BCUT2D eigenvalue weighted by molar-refractivity contribution is 0.314. The molecule has 2 aromatic rings. The van der Waals surface area contributed by atoms with Crippen molar-refractivity contribution in [3.8, 4) is 6.07 Å². The molecule has 27 heavy (non-hydrogen) atoms. The van der Waals surface area contributed by atoms with Crippen LogP contribution in [0, 0.1) is 18.3 Å². The normalized spacial score (nSPS) is 19.9. The van der Waals surface area contributed by atoms with Crippen LogP contribution < -0.4 is 5.32 Å². The summed E-state index contributed by atoms with van der Waals surface area (Å²) in [5, 5.41) is 15.1. The summed E-state index contributed by atoms with van der Waals surface area (Å²) >= 11 is 0. The maximum Gasteiger partial charge on any atom is 0.121 e. The molecule has 0 saturated carbocycles. The van der Waals surface area contributed by atoms with Gasteiger partial charge in [0.15, 0.2) is 0 Å². The number of alkyl halides is 1.